The predicted octanol–water partition coefficient (Wildman–Crippen LogP) is 4.47. The van der Waals surface area contributed by atoms with E-state index < -0.39 is 6.09 Å². The maximum Gasteiger partial charge on any atom is 0.407 e. The van der Waals surface area contributed by atoms with Crippen molar-refractivity contribution in [3.05, 3.63) is 41.8 Å². The molecule has 29 heavy (non-hydrogen) atoms. The fourth-order valence-electron chi connectivity index (χ4n) is 4.18. The molecule has 0 atom stereocenters. The van der Waals surface area contributed by atoms with E-state index in [1.165, 1.54) is 4.90 Å². The van der Waals surface area contributed by atoms with Gasteiger partial charge in [0.15, 0.2) is 5.58 Å². The Kier molecular flexibility index (Phi) is 5.58. The summed E-state index contributed by atoms with van der Waals surface area (Å²) in [7, 11) is 4.07. The number of carboxylic acid groups (broad SMARTS) is 1. The zero-order valence-corrected chi connectivity index (χ0v) is 16.9. The van der Waals surface area contributed by atoms with Crippen molar-refractivity contribution in [2.75, 3.05) is 27.2 Å². The molecule has 1 fully saturated rings. The number of hydrogen-bond acceptors (Lipinski definition) is 5. The number of benzene rings is 1. The molecule has 7 heteroatoms. The van der Waals surface area contributed by atoms with E-state index in [2.05, 4.69) is 22.2 Å². The Morgan fingerprint density at radius 3 is 2.72 bits per heavy atom. The van der Waals surface area contributed by atoms with Gasteiger partial charge in [-0.3, -0.25) is 0 Å². The van der Waals surface area contributed by atoms with Crippen molar-refractivity contribution in [3.63, 3.8) is 0 Å². The van der Waals surface area contributed by atoms with E-state index in [0.717, 1.165) is 65.8 Å². The smallest absolute Gasteiger partial charge is 0.407 e. The molecule has 1 amide bonds. The largest absolute Gasteiger partial charge is 0.465 e. The number of hydrogen-bond donors (Lipinski definition) is 1. The van der Waals surface area contributed by atoms with E-state index in [-0.39, 0.29) is 0 Å². The Hall–Kier alpha value is -2.80. The maximum absolute atomic E-state index is 11.1. The van der Waals surface area contributed by atoms with Crippen molar-refractivity contribution < 1.29 is 18.8 Å². The third-order valence-corrected chi connectivity index (χ3v) is 5.75. The van der Waals surface area contributed by atoms with Crippen LogP contribution in [-0.2, 0) is 13.0 Å². The highest BCUT2D eigenvalue weighted by molar-refractivity contribution is 5.88. The van der Waals surface area contributed by atoms with Crippen LogP contribution in [0, 0.1) is 5.92 Å². The summed E-state index contributed by atoms with van der Waals surface area (Å²) in [5.41, 5.74) is 3.91. The van der Waals surface area contributed by atoms with Crippen LogP contribution < -0.4 is 0 Å². The third-order valence-electron chi connectivity index (χ3n) is 5.75. The zero-order chi connectivity index (χ0) is 20.4. The van der Waals surface area contributed by atoms with Gasteiger partial charge in [0.05, 0.1) is 12.0 Å². The van der Waals surface area contributed by atoms with Crippen molar-refractivity contribution >= 4 is 17.1 Å². The molecule has 2 aromatic heterocycles. The summed E-state index contributed by atoms with van der Waals surface area (Å²) < 4.78 is 11.4. The number of aryl methyl sites for hydroxylation is 1. The number of furan rings is 1. The highest BCUT2D eigenvalue weighted by atomic mass is 16.5. The molecule has 1 aliphatic rings. The molecule has 1 aromatic carbocycles. The minimum absolute atomic E-state index is 0.529. The van der Waals surface area contributed by atoms with Crippen molar-refractivity contribution in [1.29, 1.82) is 0 Å². The molecule has 1 N–H and O–H groups in total. The summed E-state index contributed by atoms with van der Waals surface area (Å²) in [5, 5.41) is 14.5. The SMILES string of the molecule is CN(C)Cc1c(-c2ccco2)ccc2c(CCC3CCN(C(=O)O)CC3)noc12. The van der Waals surface area contributed by atoms with Crippen LogP contribution in [0.1, 0.15) is 30.5 Å². The number of carbonyl (C=O) groups is 1. The Morgan fingerprint density at radius 1 is 1.28 bits per heavy atom. The second-order valence-corrected chi connectivity index (χ2v) is 8.06. The molecule has 0 aliphatic carbocycles. The summed E-state index contributed by atoms with van der Waals surface area (Å²) in [6.07, 6.45) is 4.53. The molecule has 0 spiro atoms. The van der Waals surface area contributed by atoms with Crippen molar-refractivity contribution in [3.8, 4) is 11.3 Å². The lowest BCUT2D eigenvalue weighted by atomic mass is 9.91. The van der Waals surface area contributed by atoms with Crippen molar-refractivity contribution in [2.24, 2.45) is 5.92 Å². The average Bonchev–Trinajstić information content (AvgIpc) is 3.37. The van der Waals surface area contributed by atoms with E-state index in [1.54, 1.807) is 6.26 Å². The molecule has 0 radical (unpaired) electrons. The normalized spacial score (nSPS) is 15.5. The molecule has 1 aliphatic heterocycles. The van der Waals surface area contributed by atoms with Crippen LogP contribution in [0.15, 0.2) is 39.5 Å². The number of rotatable bonds is 6. The van der Waals surface area contributed by atoms with Gasteiger partial charge in [0.1, 0.15) is 5.76 Å². The lowest BCUT2D eigenvalue weighted by Crippen LogP contribution is -2.37. The molecule has 3 heterocycles. The monoisotopic (exact) mass is 397 g/mol. The quantitative estimate of drug-likeness (QED) is 0.661. The average molecular weight is 397 g/mol. The van der Waals surface area contributed by atoms with Crippen LogP contribution in [-0.4, -0.2) is 53.3 Å². The second kappa shape index (κ2) is 8.29. The molecule has 1 saturated heterocycles. The number of amides is 1. The molecule has 0 bridgehead atoms. The van der Waals surface area contributed by atoms with E-state index in [1.807, 2.05) is 26.2 Å². The van der Waals surface area contributed by atoms with Gasteiger partial charge < -0.3 is 23.8 Å². The minimum atomic E-state index is -0.813. The first-order valence-corrected chi connectivity index (χ1v) is 10.1. The Morgan fingerprint density at radius 2 is 2.07 bits per heavy atom. The number of piperidine rings is 1. The summed E-state index contributed by atoms with van der Waals surface area (Å²) >= 11 is 0. The number of fused-ring (bicyclic) bond motifs is 1. The molecule has 0 unspecified atom stereocenters. The first-order valence-electron chi connectivity index (χ1n) is 10.1. The first kappa shape index (κ1) is 19.5. The summed E-state index contributed by atoms with van der Waals surface area (Å²) in [4.78, 5) is 14.7. The number of nitrogens with zero attached hydrogens (tertiary/aromatic N) is 3. The minimum Gasteiger partial charge on any atom is -0.465 e. The van der Waals surface area contributed by atoms with Gasteiger partial charge in [0.2, 0.25) is 0 Å². The van der Waals surface area contributed by atoms with E-state index in [9.17, 15) is 4.79 Å². The summed E-state index contributed by atoms with van der Waals surface area (Å²) in [6, 6.07) is 8.01. The Bertz CT molecular complexity index is 970. The fourth-order valence-corrected chi connectivity index (χ4v) is 4.18. The second-order valence-electron chi connectivity index (χ2n) is 8.06. The fraction of sp³-hybridized carbons (Fsp3) is 0.455. The van der Waals surface area contributed by atoms with Gasteiger partial charge in [-0.05, 0) is 70.0 Å². The van der Waals surface area contributed by atoms with Crippen LogP contribution in [0.25, 0.3) is 22.3 Å². The highest BCUT2D eigenvalue weighted by Gasteiger charge is 2.23. The molecule has 154 valence electrons. The lowest BCUT2D eigenvalue weighted by molar-refractivity contribution is 0.123. The van der Waals surface area contributed by atoms with E-state index in [0.29, 0.717) is 19.0 Å². The summed E-state index contributed by atoms with van der Waals surface area (Å²) in [6.45, 7) is 1.98. The van der Waals surface area contributed by atoms with Crippen LogP contribution in [0.2, 0.25) is 0 Å². The van der Waals surface area contributed by atoms with Gasteiger partial charge in [-0.25, -0.2) is 4.79 Å². The predicted molar refractivity (Wildman–Crippen MR) is 110 cm³/mol. The standard InChI is InChI=1S/C22H27N3O4/c1-24(2)14-18-16(20-4-3-13-28-20)6-7-17-19(23-29-21(17)18)8-5-15-9-11-25(12-10-15)22(26)27/h3-4,6-7,13,15H,5,8-12,14H2,1-2H3,(H,26,27). The molecular weight excluding hydrogens is 370 g/mol. The van der Waals surface area contributed by atoms with Crippen LogP contribution in [0.3, 0.4) is 0 Å². The molecule has 0 saturated carbocycles. The zero-order valence-electron chi connectivity index (χ0n) is 16.9. The first-order chi connectivity index (χ1) is 14.0. The van der Waals surface area contributed by atoms with Gasteiger partial charge in [0.25, 0.3) is 0 Å². The number of aromatic nitrogens is 1. The third kappa shape index (κ3) is 4.15. The van der Waals surface area contributed by atoms with Gasteiger partial charge >= 0.3 is 6.09 Å². The number of likely N-dealkylation sites (tertiary alicyclic amines) is 1. The van der Waals surface area contributed by atoms with Gasteiger partial charge in [-0.15, -0.1) is 0 Å². The van der Waals surface area contributed by atoms with E-state index >= 15 is 0 Å². The molecular formula is C22H27N3O4. The van der Waals surface area contributed by atoms with E-state index in [4.69, 9.17) is 14.0 Å². The van der Waals surface area contributed by atoms with Gasteiger partial charge in [-0.1, -0.05) is 5.16 Å². The highest BCUT2D eigenvalue weighted by Crippen LogP contribution is 2.34. The van der Waals surface area contributed by atoms with Gasteiger partial charge in [-0.2, -0.15) is 0 Å². The lowest BCUT2D eigenvalue weighted by Gasteiger charge is -2.29. The maximum atomic E-state index is 11.1. The van der Waals surface area contributed by atoms with Gasteiger partial charge in [0, 0.05) is 36.1 Å². The Labute approximate surface area is 169 Å². The molecule has 4 rings (SSSR count). The van der Waals surface area contributed by atoms with Crippen molar-refractivity contribution in [1.82, 2.24) is 15.0 Å². The van der Waals surface area contributed by atoms with Crippen LogP contribution in [0.5, 0.6) is 0 Å². The molecule has 7 nitrogen and oxygen atoms in total. The van der Waals surface area contributed by atoms with Crippen LogP contribution >= 0.6 is 0 Å². The topological polar surface area (TPSA) is 83.0 Å². The van der Waals surface area contributed by atoms with Crippen molar-refractivity contribution in [2.45, 2.75) is 32.2 Å². The molecule has 3 aromatic rings. The summed E-state index contributed by atoms with van der Waals surface area (Å²) in [5.74, 6) is 1.35. The van der Waals surface area contributed by atoms with Crippen LogP contribution in [0.4, 0.5) is 4.79 Å². The Balaban J connectivity index is 1.54.